The molecule has 130 valence electrons. The van der Waals surface area contributed by atoms with E-state index < -0.39 is 6.04 Å². The predicted molar refractivity (Wildman–Crippen MR) is 99.1 cm³/mol. The van der Waals surface area contributed by atoms with Crippen molar-refractivity contribution < 1.29 is 9.59 Å². The number of rotatable bonds is 9. The average molecular weight is 360 g/mol. The van der Waals surface area contributed by atoms with Crippen LogP contribution in [0.1, 0.15) is 35.7 Å². The Morgan fingerprint density at radius 1 is 1.30 bits per heavy atom. The number of carbonyl (C=O) groups excluding carboxylic acids is 2. The van der Waals surface area contributed by atoms with Gasteiger partial charge in [0.05, 0.1) is 6.04 Å². The average Bonchev–Trinajstić information content (AvgIpc) is 2.55. The topological polar surface area (TPSA) is 84.2 Å². The van der Waals surface area contributed by atoms with Crippen LogP contribution in [-0.4, -0.2) is 36.4 Å². The number of hydrogen-bond donors (Lipinski definition) is 3. The first-order chi connectivity index (χ1) is 10.6. The number of thioether (sulfide) groups is 1. The molecule has 0 saturated heterocycles. The van der Waals surface area contributed by atoms with Crippen molar-refractivity contribution in [2.75, 3.05) is 18.6 Å². The fourth-order valence-electron chi connectivity index (χ4n) is 1.86. The molecular formula is C16H26ClN3O2S. The van der Waals surface area contributed by atoms with E-state index in [1.54, 1.807) is 23.9 Å². The van der Waals surface area contributed by atoms with Crippen molar-refractivity contribution in [2.45, 2.75) is 32.4 Å². The third-order valence-corrected chi connectivity index (χ3v) is 3.81. The van der Waals surface area contributed by atoms with Crippen LogP contribution in [0.2, 0.25) is 0 Å². The van der Waals surface area contributed by atoms with Crippen LogP contribution in [0.4, 0.5) is 0 Å². The summed E-state index contributed by atoms with van der Waals surface area (Å²) >= 11 is 1.67. The molecule has 1 atom stereocenters. The van der Waals surface area contributed by atoms with E-state index in [1.165, 1.54) is 0 Å². The zero-order valence-corrected chi connectivity index (χ0v) is 15.3. The third kappa shape index (κ3) is 8.25. The molecule has 0 aromatic heterocycles. The van der Waals surface area contributed by atoms with Crippen LogP contribution < -0.4 is 16.4 Å². The Labute approximate surface area is 148 Å². The smallest absolute Gasteiger partial charge is 0.251 e. The second kappa shape index (κ2) is 12.2. The van der Waals surface area contributed by atoms with Crippen LogP contribution >= 0.6 is 24.2 Å². The molecule has 5 nitrogen and oxygen atoms in total. The number of carbonyl (C=O) groups is 2. The van der Waals surface area contributed by atoms with Crippen molar-refractivity contribution in [1.82, 2.24) is 10.6 Å². The van der Waals surface area contributed by atoms with Gasteiger partial charge in [0.2, 0.25) is 5.91 Å². The lowest BCUT2D eigenvalue weighted by Crippen LogP contribution is -2.40. The van der Waals surface area contributed by atoms with Gasteiger partial charge in [-0.3, -0.25) is 9.59 Å². The third-order valence-electron chi connectivity index (χ3n) is 3.16. The normalized spacial score (nSPS) is 11.3. The van der Waals surface area contributed by atoms with Crippen LogP contribution in [-0.2, 0) is 11.3 Å². The van der Waals surface area contributed by atoms with Crippen molar-refractivity contribution >= 4 is 36.0 Å². The van der Waals surface area contributed by atoms with E-state index in [4.69, 9.17) is 5.73 Å². The molecule has 23 heavy (non-hydrogen) atoms. The minimum absolute atomic E-state index is 0. The Morgan fingerprint density at radius 2 is 2.04 bits per heavy atom. The van der Waals surface area contributed by atoms with Gasteiger partial charge < -0.3 is 16.4 Å². The lowest BCUT2D eigenvalue weighted by molar-refractivity contribution is -0.122. The minimum Gasteiger partial charge on any atom is -0.352 e. The molecule has 4 N–H and O–H groups in total. The van der Waals surface area contributed by atoms with Crippen LogP contribution in [0.3, 0.4) is 0 Å². The highest BCUT2D eigenvalue weighted by molar-refractivity contribution is 7.98. The maximum atomic E-state index is 11.9. The maximum Gasteiger partial charge on any atom is 0.251 e. The summed E-state index contributed by atoms with van der Waals surface area (Å²) in [6.07, 6.45) is 3.54. The van der Waals surface area contributed by atoms with E-state index in [1.807, 2.05) is 25.3 Å². The van der Waals surface area contributed by atoms with E-state index in [9.17, 15) is 9.59 Å². The van der Waals surface area contributed by atoms with Gasteiger partial charge in [0.1, 0.15) is 0 Å². The number of amides is 2. The van der Waals surface area contributed by atoms with Gasteiger partial charge in [-0.25, -0.2) is 0 Å². The van der Waals surface area contributed by atoms with Crippen molar-refractivity contribution in [3.63, 3.8) is 0 Å². The van der Waals surface area contributed by atoms with E-state index in [0.717, 1.165) is 17.7 Å². The highest BCUT2D eigenvalue weighted by Gasteiger charge is 2.12. The molecule has 2 amide bonds. The van der Waals surface area contributed by atoms with Gasteiger partial charge in [-0.05, 0) is 42.5 Å². The standard InChI is InChI=1S/C16H25N3O2S.ClH/c1-3-8-18-15(20)13-6-4-5-12(10-13)11-19-16(21)14(17)7-9-22-2;/h4-6,10,14H,3,7-9,11,17H2,1-2H3,(H,18,20)(H,19,21);1H/t14-;/m0./s1. The molecule has 0 bridgehead atoms. The summed E-state index contributed by atoms with van der Waals surface area (Å²) in [7, 11) is 0. The zero-order chi connectivity index (χ0) is 16.4. The SMILES string of the molecule is CCCNC(=O)c1cccc(CNC(=O)[C@@H](N)CCSC)c1.Cl. The second-order valence-electron chi connectivity index (χ2n) is 5.06. The van der Waals surface area contributed by atoms with Crippen molar-refractivity contribution in [2.24, 2.45) is 5.73 Å². The summed E-state index contributed by atoms with van der Waals surface area (Å²) in [6.45, 7) is 3.04. The second-order valence-corrected chi connectivity index (χ2v) is 6.05. The van der Waals surface area contributed by atoms with E-state index in [-0.39, 0.29) is 24.2 Å². The summed E-state index contributed by atoms with van der Waals surface area (Å²) in [4.78, 5) is 23.8. The summed E-state index contributed by atoms with van der Waals surface area (Å²) in [5.41, 5.74) is 7.30. The fourth-order valence-corrected chi connectivity index (χ4v) is 2.35. The molecule has 0 unspecified atom stereocenters. The number of nitrogens with one attached hydrogen (secondary N) is 2. The summed E-state index contributed by atoms with van der Waals surface area (Å²) in [6, 6.07) is 6.77. The Balaban J connectivity index is 0.00000484. The van der Waals surface area contributed by atoms with Gasteiger partial charge in [0.25, 0.3) is 5.91 Å². The van der Waals surface area contributed by atoms with E-state index in [2.05, 4.69) is 10.6 Å². The van der Waals surface area contributed by atoms with Crippen molar-refractivity contribution in [1.29, 1.82) is 0 Å². The van der Waals surface area contributed by atoms with Gasteiger partial charge in [-0.15, -0.1) is 12.4 Å². The lowest BCUT2D eigenvalue weighted by Gasteiger charge is -2.12. The van der Waals surface area contributed by atoms with Gasteiger partial charge in [-0.2, -0.15) is 11.8 Å². The first-order valence-electron chi connectivity index (χ1n) is 7.47. The predicted octanol–water partition coefficient (Wildman–Crippen LogP) is 1.94. The molecule has 0 aliphatic heterocycles. The first kappa shape index (κ1) is 21.8. The van der Waals surface area contributed by atoms with Gasteiger partial charge >= 0.3 is 0 Å². The van der Waals surface area contributed by atoms with E-state index in [0.29, 0.717) is 25.1 Å². The maximum absolute atomic E-state index is 11.9. The molecule has 0 fully saturated rings. The van der Waals surface area contributed by atoms with Crippen LogP contribution in [0.25, 0.3) is 0 Å². The molecule has 0 aliphatic rings. The van der Waals surface area contributed by atoms with Gasteiger partial charge in [0, 0.05) is 18.7 Å². The largest absolute Gasteiger partial charge is 0.352 e. The Bertz CT molecular complexity index is 500. The quantitative estimate of drug-likeness (QED) is 0.629. The summed E-state index contributed by atoms with van der Waals surface area (Å²) in [5, 5.41) is 5.65. The minimum atomic E-state index is -0.483. The summed E-state index contributed by atoms with van der Waals surface area (Å²) < 4.78 is 0. The highest BCUT2D eigenvalue weighted by Crippen LogP contribution is 2.06. The molecule has 1 rings (SSSR count). The van der Waals surface area contributed by atoms with Crippen LogP contribution in [0.15, 0.2) is 24.3 Å². The first-order valence-corrected chi connectivity index (χ1v) is 8.87. The van der Waals surface area contributed by atoms with Crippen LogP contribution in [0, 0.1) is 0 Å². The van der Waals surface area contributed by atoms with Crippen molar-refractivity contribution in [3.05, 3.63) is 35.4 Å². The summed E-state index contributed by atoms with van der Waals surface area (Å²) in [5.74, 6) is 0.614. The molecule has 0 radical (unpaired) electrons. The molecule has 7 heteroatoms. The molecule has 0 spiro atoms. The lowest BCUT2D eigenvalue weighted by atomic mass is 10.1. The molecule has 1 aromatic carbocycles. The molecule has 0 saturated carbocycles. The number of hydrogen-bond acceptors (Lipinski definition) is 4. The molecule has 0 aliphatic carbocycles. The van der Waals surface area contributed by atoms with Gasteiger partial charge in [-0.1, -0.05) is 19.1 Å². The van der Waals surface area contributed by atoms with E-state index >= 15 is 0 Å². The Hall–Kier alpha value is -1.24. The number of halogens is 1. The zero-order valence-electron chi connectivity index (χ0n) is 13.6. The number of nitrogens with two attached hydrogens (primary N) is 1. The molecule has 0 heterocycles. The van der Waals surface area contributed by atoms with Crippen molar-refractivity contribution in [3.8, 4) is 0 Å². The fraction of sp³-hybridized carbons (Fsp3) is 0.500. The highest BCUT2D eigenvalue weighted by atomic mass is 35.5. The molecular weight excluding hydrogens is 334 g/mol. The van der Waals surface area contributed by atoms with Gasteiger partial charge in [0.15, 0.2) is 0 Å². The van der Waals surface area contributed by atoms with Crippen LogP contribution in [0.5, 0.6) is 0 Å². The Kier molecular flexibility index (Phi) is 11.6. The Morgan fingerprint density at radius 3 is 2.70 bits per heavy atom. The molecule has 1 aromatic rings. The number of benzene rings is 1. The monoisotopic (exact) mass is 359 g/mol.